The first-order valence-electron chi connectivity index (χ1n) is 4.97. The van der Waals surface area contributed by atoms with Gasteiger partial charge in [-0.25, -0.2) is 0 Å². The molecule has 0 aliphatic heterocycles. The fraction of sp³-hybridized carbons (Fsp3) is 0.273. The molecule has 86 valence electrons. The highest BCUT2D eigenvalue weighted by Crippen LogP contribution is 2.06. The van der Waals surface area contributed by atoms with Gasteiger partial charge in [0.15, 0.2) is 0 Å². The Morgan fingerprint density at radius 2 is 1.75 bits per heavy atom. The van der Waals surface area contributed by atoms with E-state index in [1.807, 2.05) is 30.3 Å². The molecular formula is C11H15N3O2. The summed E-state index contributed by atoms with van der Waals surface area (Å²) in [6.45, 7) is 3.04. The summed E-state index contributed by atoms with van der Waals surface area (Å²) in [7, 11) is 0. The van der Waals surface area contributed by atoms with Crippen molar-refractivity contribution < 1.29 is 9.59 Å². The highest BCUT2D eigenvalue weighted by Gasteiger charge is 2.11. The lowest BCUT2D eigenvalue weighted by atomic mass is 10.2. The molecule has 0 fully saturated rings. The van der Waals surface area contributed by atoms with Gasteiger partial charge in [-0.05, 0) is 19.1 Å². The molecule has 1 atom stereocenters. The molecule has 0 saturated heterocycles. The van der Waals surface area contributed by atoms with E-state index in [4.69, 9.17) is 0 Å². The van der Waals surface area contributed by atoms with E-state index >= 15 is 0 Å². The summed E-state index contributed by atoms with van der Waals surface area (Å²) in [6, 6.07) is 8.95. The minimum atomic E-state index is -0.422. The van der Waals surface area contributed by atoms with Gasteiger partial charge in [0.1, 0.15) is 6.04 Å². The zero-order chi connectivity index (χ0) is 12.0. The molecule has 0 saturated carbocycles. The zero-order valence-corrected chi connectivity index (χ0v) is 9.28. The van der Waals surface area contributed by atoms with E-state index in [0.717, 1.165) is 5.69 Å². The van der Waals surface area contributed by atoms with Crippen molar-refractivity contribution in [2.24, 2.45) is 0 Å². The molecule has 1 aromatic rings. The molecule has 2 amide bonds. The van der Waals surface area contributed by atoms with Gasteiger partial charge in [0.2, 0.25) is 5.91 Å². The molecule has 0 aliphatic rings. The van der Waals surface area contributed by atoms with Crippen LogP contribution in [0.15, 0.2) is 30.3 Å². The van der Waals surface area contributed by atoms with Gasteiger partial charge in [0.25, 0.3) is 5.91 Å². The van der Waals surface area contributed by atoms with Crippen LogP contribution in [0.1, 0.15) is 13.8 Å². The van der Waals surface area contributed by atoms with Crippen LogP contribution in [0.2, 0.25) is 0 Å². The second-order valence-electron chi connectivity index (χ2n) is 3.40. The molecule has 0 spiro atoms. The van der Waals surface area contributed by atoms with Crippen LogP contribution in [0, 0.1) is 0 Å². The number of amides is 2. The van der Waals surface area contributed by atoms with Crippen molar-refractivity contribution in [2.45, 2.75) is 19.9 Å². The van der Waals surface area contributed by atoms with Gasteiger partial charge < -0.3 is 5.32 Å². The van der Waals surface area contributed by atoms with Crippen molar-refractivity contribution in [3.8, 4) is 0 Å². The summed E-state index contributed by atoms with van der Waals surface area (Å²) in [5.41, 5.74) is 5.39. The molecule has 0 bridgehead atoms. The molecule has 1 rings (SSSR count). The molecule has 0 aliphatic carbocycles. The van der Waals surface area contributed by atoms with Gasteiger partial charge in [0.05, 0.1) is 0 Å². The minimum Gasteiger partial charge on any atom is -0.374 e. The van der Waals surface area contributed by atoms with Crippen LogP contribution in [0.3, 0.4) is 0 Å². The van der Waals surface area contributed by atoms with Crippen molar-refractivity contribution in [1.82, 2.24) is 10.9 Å². The summed E-state index contributed by atoms with van der Waals surface area (Å²) < 4.78 is 0. The molecule has 0 aromatic heterocycles. The molecule has 3 N–H and O–H groups in total. The summed E-state index contributed by atoms with van der Waals surface area (Å²) in [6.07, 6.45) is 0. The lowest BCUT2D eigenvalue weighted by molar-refractivity contribution is -0.128. The first kappa shape index (κ1) is 12.0. The molecule has 0 heterocycles. The van der Waals surface area contributed by atoms with Gasteiger partial charge in [-0.2, -0.15) is 0 Å². The summed E-state index contributed by atoms with van der Waals surface area (Å²) >= 11 is 0. The number of rotatable bonds is 3. The summed E-state index contributed by atoms with van der Waals surface area (Å²) in [4.78, 5) is 22.0. The summed E-state index contributed by atoms with van der Waals surface area (Å²) in [5.74, 6) is -0.598. The normalized spacial score (nSPS) is 11.4. The van der Waals surface area contributed by atoms with Crippen LogP contribution in [-0.2, 0) is 9.59 Å². The van der Waals surface area contributed by atoms with Gasteiger partial charge in [-0.1, -0.05) is 18.2 Å². The van der Waals surface area contributed by atoms with Gasteiger partial charge in [-0.15, -0.1) is 0 Å². The van der Waals surface area contributed by atoms with Crippen molar-refractivity contribution in [3.63, 3.8) is 0 Å². The van der Waals surface area contributed by atoms with Crippen LogP contribution < -0.4 is 16.2 Å². The maximum Gasteiger partial charge on any atom is 0.260 e. The number of carbonyl (C=O) groups is 2. The number of carbonyl (C=O) groups excluding carboxylic acids is 2. The highest BCUT2D eigenvalue weighted by atomic mass is 16.2. The van der Waals surface area contributed by atoms with Crippen LogP contribution in [-0.4, -0.2) is 17.9 Å². The van der Waals surface area contributed by atoms with Crippen LogP contribution >= 0.6 is 0 Å². The number of anilines is 1. The Kier molecular flexibility index (Phi) is 4.32. The second-order valence-corrected chi connectivity index (χ2v) is 3.40. The highest BCUT2D eigenvalue weighted by molar-refractivity contribution is 5.86. The number of hydrogen-bond acceptors (Lipinski definition) is 3. The standard InChI is InChI=1S/C11H15N3O2/c1-8(11(16)14-13-9(2)15)12-10-6-4-3-5-7-10/h3-8,12H,1-2H3,(H,13,15)(H,14,16)/t8-/m0/s1. The van der Waals surface area contributed by atoms with Crippen molar-refractivity contribution in [3.05, 3.63) is 30.3 Å². The van der Waals surface area contributed by atoms with Crippen LogP contribution in [0.5, 0.6) is 0 Å². The number of hydrogen-bond donors (Lipinski definition) is 3. The first-order chi connectivity index (χ1) is 7.59. The lowest BCUT2D eigenvalue weighted by Gasteiger charge is -2.14. The Balaban J connectivity index is 2.43. The third-order valence-corrected chi connectivity index (χ3v) is 1.91. The van der Waals surface area contributed by atoms with E-state index in [-0.39, 0.29) is 11.8 Å². The van der Waals surface area contributed by atoms with Crippen LogP contribution in [0.25, 0.3) is 0 Å². The molecule has 16 heavy (non-hydrogen) atoms. The molecule has 5 heteroatoms. The van der Waals surface area contributed by atoms with E-state index in [9.17, 15) is 9.59 Å². The van der Waals surface area contributed by atoms with Crippen molar-refractivity contribution in [2.75, 3.05) is 5.32 Å². The Labute approximate surface area is 94.2 Å². The minimum absolute atomic E-state index is 0.293. The van der Waals surface area contributed by atoms with Gasteiger partial charge in [0, 0.05) is 12.6 Å². The lowest BCUT2D eigenvalue weighted by Crippen LogP contribution is -2.46. The number of hydrazine groups is 1. The number of nitrogens with one attached hydrogen (secondary N) is 3. The van der Waals surface area contributed by atoms with Crippen molar-refractivity contribution >= 4 is 17.5 Å². The third-order valence-electron chi connectivity index (χ3n) is 1.91. The molecule has 0 unspecified atom stereocenters. The average molecular weight is 221 g/mol. The monoisotopic (exact) mass is 221 g/mol. The second kappa shape index (κ2) is 5.75. The van der Waals surface area contributed by atoms with E-state index in [1.54, 1.807) is 6.92 Å². The van der Waals surface area contributed by atoms with E-state index in [0.29, 0.717) is 0 Å². The number of para-hydroxylation sites is 1. The van der Waals surface area contributed by atoms with Crippen LogP contribution in [0.4, 0.5) is 5.69 Å². The van der Waals surface area contributed by atoms with E-state index in [1.165, 1.54) is 6.92 Å². The predicted octanol–water partition coefficient (Wildman–Crippen LogP) is 0.654. The smallest absolute Gasteiger partial charge is 0.260 e. The molecule has 1 aromatic carbocycles. The van der Waals surface area contributed by atoms with E-state index < -0.39 is 6.04 Å². The first-order valence-corrected chi connectivity index (χ1v) is 4.97. The third kappa shape index (κ3) is 4.00. The Bertz CT molecular complexity index is 365. The zero-order valence-electron chi connectivity index (χ0n) is 9.28. The van der Waals surface area contributed by atoms with E-state index in [2.05, 4.69) is 16.2 Å². The Hall–Kier alpha value is -2.04. The quantitative estimate of drug-likeness (QED) is 0.656. The summed E-state index contributed by atoms with van der Waals surface area (Å²) in [5, 5.41) is 3.00. The Morgan fingerprint density at radius 1 is 1.12 bits per heavy atom. The van der Waals surface area contributed by atoms with Gasteiger partial charge in [-0.3, -0.25) is 20.4 Å². The average Bonchev–Trinajstić information content (AvgIpc) is 2.27. The fourth-order valence-electron chi connectivity index (χ4n) is 1.11. The van der Waals surface area contributed by atoms with Crippen molar-refractivity contribution in [1.29, 1.82) is 0 Å². The fourth-order valence-corrected chi connectivity index (χ4v) is 1.11. The number of benzene rings is 1. The predicted molar refractivity (Wildman–Crippen MR) is 61.5 cm³/mol. The topological polar surface area (TPSA) is 70.2 Å². The largest absolute Gasteiger partial charge is 0.374 e. The Morgan fingerprint density at radius 3 is 2.31 bits per heavy atom. The molecule has 0 radical (unpaired) electrons. The molecular weight excluding hydrogens is 206 g/mol. The maximum atomic E-state index is 11.5. The molecule has 5 nitrogen and oxygen atoms in total. The maximum absolute atomic E-state index is 11.5. The SMILES string of the molecule is CC(=O)NNC(=O)[C@H](C)Nc1ccccc1. The van der Waals surface area contributed by atoms with Gasteiger partial charge >= 0.3 is 0 Å².